The summed E-state index contributed by atoms with van der Waals surface area (Å²) in [4.78, 5) is 11.7. The van der Waals surface area contributed by atoms with Gasteiger partial charge in [0.1, 0.15) is 5.52 Å². The molecule has 0 spiro atoms. The topological polar surface area (TPSA) is 74.6 Å². The zero-order valence-corrected chi connectivity index (χ0v) is 10.3. The molecule has 0 atom stereocenters. The largest absolute Gasteiger partial charge is 0.474 e. The minimum Gasteiger partial charge on any atom is -0.474 e. The summed E-state index contributed by atoms with van der Waals surface area (Å²) in [6.45, 7) is 3.89. The van der Waals surface area contributed by atoms with Crippen LogP contribution in [0.2, 0.25) is 0 Å². The lowest BCUT2D eigenvalue weighted by Gasteiger charge is -2.07. The molecule has 1 N–H and O–H groups in total. The third-order valence-electron chi connectivity index (χ3n) is 2.32. The molecular weight excluding hydrogens is 228 g/mol. The third kappa shape index (κ3) is 2.66. The number of aromatic nitrogens is 3. The molecule has 2 heterocycles. The number of ether oxygens (including phenoxy) is 1. The van der Waals surface area contributed by atoms with Crippen LogP contribution in [0, 0.1) is 11.3 Å². The lowest BCUT2D eigenvalue weighted by Crippen LogP contribution is -2.07. The van der Waals surface area contributed by atoms with E-state index in [0.717, 1.165) is 16.7 Å². The molecule has 0 aliphatic rings. The highest BCUT2D eigenvalue weighted by molar-refractivity contribution is 5.75. The van der Waals surface area contributed by atoms with Crippen LogP contribution >= 0.6 is 0 Å². The average Bonchev–Trinajstić information content (AvgIpc) is 2.72. The zero-order valence-electron chi connectivity index (χ0n) is 10.3. The van der Waals surface area contributed by atoms with E-state index in [9.17, 15) is 0 Å². The SMILES string of the molecule is CC(C)Oc1cnc2[nH]cc(C/C=C/C#N)c2n1. The van der Waals surface area contributed by atoms with E-state index in [1.54, 1.807) is 12.3 Å². The highest BCUT2D eigenvalue weighted by Gasteiger charge is 2.08. The molecule has 0 saturated heterocycles. The van der Waals surface area contributed by atoms with Gasteiger partial charge in [-0.05, 0) is 20.3 Å². The van der Waals surface area contributed by atoms with Crippen molar-refractivity contribution in [3.05, 3.63) is 30.1 Å². The number of fused-ring (bicyclic) bond motifs is 1. The van der Waals surface area contributed by atoms with Crippen LogP contribution in [-0.4, -0.2) is 21.1 Å². The Balaban J connectivity index is 2.31. The number of hydrogen-bond acceptors (Lipinski definition) is 4. The highest BCUT2D eigenvalue weighted by atomic mass is 16.5. The second-order valence-corrected chi connectivity index (χ2v) is 4.12. The Labute approximate surface area is 105 Å². The van der Waals surface area contributed by atoms with Gasteiger partial charge in [-0.25, -0.2) is 9.97 Å². The molecule has 0 radical (unpaired) electrons. The zero-order chi connectivity index (χ0) is 13.0. The van der Waals surface area contributed by atoms with Crippen LogP contribution in [0.25, 0.3) is 11.2 Å². The van der Waals surface area contributed by atoms with Gasteiger partial charge in [-0.2, -0.15) is 5.26 Å². The van der Waals surface area contributed by atoms with Crippen molar-refractivity contribution in [3.63, 3.8) is 0 Å². The maximum absolute atomic E-state index is 8.46. The maximum atomic E-state index is 8.46. The molecule has 0 aliphatic carbocycles. The maximum Gasteiger partial charge on any atom is 0.233 e. The van der Waals surface area contributed by atoms with Crippen molar-refractivity contribution in [2.45, 2.75) is 26.4 Å². The van der Waals surface area contributed by atoms with Gasteiger partial charge < -0.3 is 9.72 Å². The first kappa shape index (κ1) is 12.1. The van der Waals surface area contributed by atoms with Crippen LogP contribution in [0.1, 0.15) is 19.4 Å². The minimum atomic E-state index is 0.0672. The van der Waals surface area contributed by atoms with Gasteiger partial charge in [0.2, 0.25) is 5.88 Å². The van der Waals surface area contributed by atoms with Crippen LogP contribution < -0.4 is 4.74 Å². The van der Waals surface area contributed by atoms with Crippen LogP contribution in [-0.2, 0) is 6.42 Å². The summed E-state index contributed by atoms with van der Waals surface area (Å²) in [6, 6.07) is 1.96. The van der Waals surface area contributed by atoms with Crippen molar-refractivity contribution in [2.24, 2.45) is 0 Å². The Bertz CT molecular complexity index is 607. The Hall–Kier alpha value is -2.35. The quantitative estimate of drug-likeness (QED) is 0.835. The van der Waals surface area contributed by atoms with E-state index in [1.807, 2.05) is 26.1 Å². The van der Waals surface area contributed by atoms with Crippen LogP contribution in [0.15, 0.2) is 24.5 Å². The van der Waals surface area contributed by atoms with Crippen molar-refractivity contribution in [2.75, 3.05) is 0 Å². The molecule has 92 valence electrons. The summed E-state index contributed by atoms with van der Waals surface area (Å²) in [5.41, 5.74) is 2.51. The molecule has 0 saturated carbocycles. The van der Waals surface area contributed by atoms with Crippen LogP contribution in [0.5, 0.6) is 5.88 Å². The van der Waals surface area contributed by atoms with E-state index in [2.05, 4.69) is 15.0 Å². The minimum absolute atomic E-state index is 0.0672. The number of hydrogen-bond donors (Lipinski definition) is 1. The number of rotatable bonds is 4. The van der Waals surface area contributed by atoms with Gasteiger partial charge in [0, 0.05) is 17.8 Å². The molecule has 5 heteroatoms. The first-order chi connectivity index (χ1) is 8.70. The van der Waals surface area contributed by atoms with E-state index in [-0.39, 0.29) is 6.10 Å². The smallest absolute Gasteiger partial charge is 0.233 e. The number of allylic oxidation sites excluding steroid dienone is 2. The normalized spacial score (nSPS) is 11.2. The van der Waals surface area contributed by atoms with Gasteiger partial charge in [-0.15, -0.1) is 0 Å². The van der Waals surface area contributed by atoms with Gasteiger partial charge in [-0.1, -0.05) is 6.08 Å². The molecule has 5 nitrogen and oxygen atoms in total. The molecule has 0 aliphatic heterocycles. The summed E-state index contributed by atoms with van der Waals surface area (Å²) in [6.07, 6.45) is 7.42. The molecular formula is C13H14N4O. The second-order valence-electron chi connectivity index (χ2n) is 4.12. The Morgan fingerprint density at radius 3 is 3.11 bits per heavy atom. The van der Waals surface area contributed by atoms with Gasteiger partial charge in [0.05, 0.1) is 18.4 Å². The highest BCUT2D eigenvalue weighted by Crippen LogP contribution is 2.18. The fraction of sp³-hybridized carbons (Fsp3) is 0.308. The molecule has 2 aromatic heterocycles. The lowest BCUT2D eigenvalue weighted by molar-refractivity contribution is 0.232. The predicted molar refractivity (Wildman–Crippen MR) is 68.1 cm³/mol. The van der Waals surface area contributed by atoms with Crippen molar-refractivity contribution in [1.82, 2.24) is 15.0 Å². The fourth-order valence-corrected chi connectivity index (χ4v) is 1.62. The molecule has 2 rings (SSSR count). The van der Waals surface area contributed by atoms with Gasteiger partial charge in [0.15, 0.2) is 5.65 Å². The molecule has 0 unspecified atom stereocenters. The van der Waals surface area contributed by atoms with Gasteiger partial charge >= 0.3 is 0 Å². The second kappa shape index (κ2) is 5.32. The van der Waals surface area contributed by atoms with Crippen LogP contribution in [0.3, 0.4) is 0 Å². The van der Waals surface area contributed by atoms with E-state index >= 15 is 0 Å². The average molecular weight is 242 g/mol. The molecule has 0 fully saturated rings. The molecule has 0 amide bonds. The van der Waals surface area contributed by atoms with Crippen molar-refractivity contribution in [1.29, 1.82) is 5.26 Å². The summed E-state index contributed by atoms with van der Waals surface area (Å²) in [7, 11) is 0. The van der Waals surface area contributed by atoms with Crippen molar-refractivity contribution in [3.8, 4) is 11.9 Å². The van der Waals surface area contributed by atoms with Gasteiger partial charge in [-0.3, -0.25) is 0 Å². The fourth-order valence-electron chi connectivity index (χ4n) is 1.62. The first-order valence-corrected chi connectivity index (χ1v) is 5.75. The third-order valence-corrected chi connectivity index (χ3v) is 2.32. The number of nitriles is 1. The Kier molecular flexibility index (Phi) is 3.58. The molecule has 0 bridgehead atoms. The lowest BCUT2D eigenvalue weighted by atomic mass is 10.2. The predicted octanol–water partition coefficient (Wildman–Crippen LogP) is 2.37. The molecule has 18 heavy (non-hydrogen) atoms. The Morgan fingerprint density at radius 1 is 1.56 bits per heavy atom. The van der Waals surface area contributed by atoms with Crippen LogP contribution in [0.4, 0.5) is 0 Å². The van der Waals surface area contributed by atoms with Gasteiger partial charge in [0.25, 0.3) is 0 Å². The molecule has 2 aromatic rings. The number of nitrogens with one attached hydrogen (secondary N) is 1. The first-order valence-electron chi connectivity index (χ1n) is 5.75. The van der Waals surface area contributed by atoms with E-state index in [1.165, 1.54) is 6.08 Å². The summed E-state index contributed by atoms with van der Waals surface area (Å²) in [5.74, 6) is 0.516. The Morgan fingerprint density at radius 2 is 2.39 bits per heavy atom. The summed E-state index contributed by atoms with van der Waals surface area (Å²) in [5, 5.41) is 8.46. The number of H-pyrrole nitrogens is 1. The van der Waals surface area contributed by atoms with E-state index in [4.69, 9.17) is 10.00 Å². The summed E-state index contributed by atoms with van der Waals surface area (Å²) < 4.78 is 5.51. The molecule has 0 aromatic carbocycles. The van der Waals surface area contributed by atoms with E-state index < -0.39 is 0 Å². The number of nitrogens with zero attached hydrogens (tertiary/aromatic N) is 3. The van der Waals surface area contributed by atoms with Crippen molar-refractivity contribution >= 4 is 11.2 Å². The van der Waals surface area contributed by atoms with Crippen molar-refractivity contribution < 1.29 is 4.74 Å². The standard InChI is InChI=1S/C13H14N4O/c1-9(2)18-11-8-16-13-12(17-11)10(7-15-13)5-3-4-6-14/h3-4,7-9H,5H2,1-2H3,(H,15,16)/b4-3+. The number of aromatic amines is 1. The summed E-state index contributed by atoms with van der Waals surface area (Å²) >= 11 is 0. The monoisotopic (exact) mass is 242 g/mol. The van der Waals surface area contributed by atoms with E-state index in [0.29, 0.717) is 12.3 Å².